The molecule has 0 saturated carbocycles. The van der Waals surface area contributed by atoms with Crippen molar-refractivity contribution >= 4 is 0 Å². The number of rotatable bonds is 2. The van der Waals surface area contributed by atoms with Crippen molar-refractivity contribution < 1.29 is 4.39 Å². The fourth-order valence-electron chi connectivity index (χ4n) is 2.56. The highest BCUT2D eigenvalue weighted by Gasteiger charge is 2.27. The SMILES string of the molecule is CC(C)(C)C1CN(Cc2ccc(F)cc2)CCCN1. The van der Waals surface area contributed by atoms with E-state index in [-0.39, 0.29) is 11.2 Å². The summed E-state index contributed by atoms with van der Waals surface area (Å²) in [5.74, 6) is -0.158. The highest BCUT2D eigenvalue weighted by Crippen LogP contribution is 2.22. The third-order valence-electron chi connectivity index (χ3n) is 3.85. The van der Waals surface area contributed by atoms with E-state index in [0.717, 1.165) is 26.2 Å². The normalized spacial score (nSPS) is 22.2. The largest absolute Gasteiger partial charge is 0.312 e. The van der Waals surface area contributed by atoms with E-state index >= 15 is 0 Å². The fraction of sp³-hybridized carbons (Fsp3) is 0.625. The monoisotopic (exact) mass is 264 g/mol. The zero-order valence-corrected chi connectivity index (χ0v) is 12.2. The molecule has 0 aromatic heterocycles. The zero-order chi connectivity index (χ0) is 13.9. The molecule has 0 bridgehead atoms. The molecule has 0 radical (unpaired) electrons. The van der Waals surface area contributed by atoms with Gasteiger partial charge in [0, 0.05) is 19.1 Å². The summed E-state index contributed by atoms with van der Waals surface area (Å²) < 4.78 is 12.9. The van der Waals surface area contributed by atoms with Gasteiger partial charge in [0.1, 0.15) is 5.82 Å². The highest BCUT2D eigenvalue weighted by molar-refractivity contribution is 5.16. The summed E-state index contributed by atoms with van der Waals surface area (Å²) in [5.41, 5.74) is 1.46. The van der Waals surface area contributed by atoms with Crippen LogP contribution in [0.4, 0.5) is 4.39 Å². The lowest BCUT2D eigenvalue weighted by Gasteiger charge is -2.33. The topological polar surface area (TPSA) is 15.3 Å². The van der Waals surface area contributed by atoms with Crippen molar-refractivity contribution in [1.82, 2.24) is 10.2 Å². The molecular formula is C16H25FN2. The van der Waals surface area contributed by atoms with Crippen LogP contribution >= 0.6 is 0 Å². The van der Waals surface area contributed by atoms with Gasteiger partial charge < -0.3 is 5.32 Å². The fourth-order valence-corrected chi connectivity index (χ4v) is 2.56. The molecule has 1 aromatic carbocycles. The van der Waals surface area contributed by atoms with Crippen LogP contribution in [0.2, 0.25) is 0 Å². The molecule has 1 aliphatic rings. The minimum absolute atomic E-state index is 0.158. The zero-order valence-electron chi connectivity index (χ0n) is 12.2. The molecule has 2 nitrogen and oxygen atoms in total. The maximum absolute atomic E-state index is 12.9. The second-order valence-corrected chi connectivity index (χ2v) is 6.59. The van der Waals surface area contributed by atoms with Gasteiger partial charge in [-0.25, -0.2) is 4.39 Å². The van der Waals surface area contributed by atoms with Crippen LogP contribution in [0, 0.1) is 11.2 Å². The molecule has 1 aliphatic heterocycles. The van der Waals surface area contributed by atoms with E-state index in [4.69, 9.17) is 0 Å². The van der Waals surface area contributed by atoms with Gasteiger partial charge in [-0.2, -0.15) is 0 Å². The lowest BCUT2D eigenvalue weighted by Crippen LogP contribution is -2.46. The van der Waals surface area contributed by atoms with Gasteiger partial charge in [-0.3, -0.25) is 4.90 Å². The molecule has 1 aromatic rings. The Balaban J connectivity index is 2.00. The van der Waals surface area contributed by atoms with E-state index in [0.29, 0.717) is 6.04 Å². The predicted octanol–water partition coefficient (Wildman–Crippen LogP) is 3.04. The Labute approximate surface area is 116 Å². The lowest BCUT2D eigenvalue weighted by molar-refractivity contribution is 0.192. The maximum Gasteiger partial charge on any atom is 0.123 e. The van der Waals surface area contributed by atoms with E-state index in [2.05, 4.69) is 31.0 Å². The van der Waals surface area contributed by atoms with Gasteiger partial charge in [-0.05, 0) is 42.6 Å². The Morgan fingerprint density at radius 2 is 1.95 bits per heavy atom. The van der Waals surface area contributed by atoms with Crippen LogP contribution < -0.4 is 5.32 Å². The first-order valence-electron chi connectivity index (χ1n) is 7.15. The first kappa shape index (κ1) is 14.5. The summed E-state index contributed by atoms with van der Waals surface area (Å²) in [5, 5.41) is 3.64. The van der Waals surface area contributed by atoms with Crippen LogP contribution in [0.5, 0.6) is 0 Å². The molecule has 1 atom stereocenters. The molecule has 0 spiro atoms. The molecule has 3 heteroatoms. The van der Waals surface area contributed by atoms with E-state index in [9.17, 15) is 4.39 Å². The third-order valence-corrected chi connectivity index (χ3v) is 3.85. The van der Waals surface area contributed by atoms with E-state index < -0.39 is 0 Å². The summed E-state index contributed by atoms with van der Waals surface area (Å²) in [6, 6.07) is 7.38. The molecular weight excluding hydrogens is 239 g/mol. The Hall–Kier alpha value is -0.930. The Morgan fingerprint density at radius 3 is 2.58 bits per heavy atom. The smallest absolute Gasteiger partial charge is 0.123 e. The Morgan fingerprint density at radius 1 is 1.26 bits per heavy atom. The van der Waals surface area contributed by atoms with Gasteiger partial charge in [-0.1, -0.05) is 32.9 Å². The van der Waals surface area contributed by atoms with Crippen LogP contribution in [0.1, 0.15) is 32.8 Å². The number of hydrogen-bond acceptors (Lipinski definition) is 2. The average molecular weight is 264 g/mol. The molecule has 1 unspecified atom stereocenters. The molecule has 2 rings (SSSR count). The number of benzene rings is 1. The highest BCUT2D eigenvalue weighted by atomic mass is 19.1. The van der Waals surface area contributed by atoms with Crippen LogP contribution in [0.3, 0.4) is 0 Å². The van der Waals surface area contributed by atoms with Crippen molar-refractivity contribution in [3.8, 4) is 0 Å². The van der Waals surface area contributed by atoms with Crippen LogP contribution in [-0.4, -0.2) is 30.6 Å². The molecule has 1 saturated heterocycles. The van der Waals surface area contributed by atoms with Crippen molar-refractivity contribution in [2.75, 3.05) is 19.6 Å². The summed E-state index contributed by atoms with van der Waals surface area (Å²) in [4.78, 5) is 2.48. The van der Waals surface area contributed by atoms with Crippen molar-refractivity contribution in [1.29, 1.82) is 0 Å². The van der Waals surface area contributed by atoms with E-state index in [1.807, 2.05) is 12.1 Å². The Kier molecular flexibility index (Phi) is 4.58. The summed E-state index contributed by atoms with van der Waals surface area (Å²) in [7, 11) is 0. The minimum atomic E-state index is -0.158. The molecule has 0 amide bonds. The lowest BCUT2D eigenvalue weighted by atomic mass is 9.86. The van der Waals surface area contributed by atoms with Gasteiger partial charge in [0.15, 0.2) is 0 Å². The summed E-state index contributed by atoms with van der Waals surface area (Å²) >= 11 is 0. The van der Waals surface area contributed by atoms with Crippen molar-refractivity contribution in [2.45, 2.75) is 39.8 Å². The van der Waals surface area contributed by atoms with Gasteiger partial charge in [0.25, 0.3) is 0 Å². The Bertz CT molecular complexity index is 394. The molecule has 0 aliphatic carbocycles. The van der Waals surface area contributed by atoms with Crippen LogP contribution in [0.15, 0.2) is 24.3 Å². The van der Waals surface area contributed by atoms with E-state index in [1.54, 1.807) is 12.1 Å². The maximum atomic E-state index is 12.9. The van der Waals surface area contributed by atoms with Crippen molar-refractivity contribution in [2.24, 2.45) is 5.41 Å². The number of hydrogen-bond donors (Lipinski definition) is 1. The average Bonchev–Trinajstić information content (AvgIpc) is 2.57. The van der Waals surface area contributed by atoms with Crippen molar-refractivity contribution in [3.63, 3.8) is 0 Å². The number of nitrogens with one attached hydrogen (secondary N) is 1. The molecule has 1 N–H and O–H groups in total. The van der Waals surface area contributed by atoms with Gasteiger partial charge in [-0.15, -0.1) is 0 Å². The molecule has 1 fully saturated rings. The second-order valence-electron chi connectivity index (χ2n) is 6.59. The number of halogens is 1. The predicted molar refractivity (Wildman–Crippen MR) is 77.5 cm³/mol. The van der Waals surface area contributed by atoms with Gasteiger partial charge in [0.2, 0.25) is 0 Å². The second kappa shape index (κ2) is 6.02. The van der Waals surface area contributed by atoms with E-state index in [1.165, 1.54) is 12.0 Å². The first-order valence-corrected chi connectivity index (χ1v) is 7.15. The molecule has 106 valence electrons. The molecule has 19 heavy (non-hydrogen) atoms. The quantitative estimate of drug-likeness (QED) is 0.883. The summed E-state index contributed by atoms with van der Waals surface area (Å²) in [6.45, 7) is 11.0. The van der Waals surface area contributed by atoms with Crippen LogP contribution in [-0.2, 0) is 6.54 Å². The van der Waals surface area contributed by atoms with Crippen molar-refractivity contribution in [3.05, 3.63) is 35.6 Å². The third kappa shape index (κ3) is 4.29. The summed E-state index contributed by atoms with van der Waals surface area (Å²) in [6.07, 6.45) is 1.17. The van der Waals surface area contributed by atoms with Gasteiger partial charge >= 0.3 is 0 Å². The molecule has 1 heterocycles. The van der Waals surface area contributed by atoms with Gasteiger partial charge in [0.05, 0.1) is 0 Å². The number of nitrogens with zero attached hydrogens (tertiary/aromatic N) is 1. The standard InChI is InChI=1S/C16H25FN2/c1-16(2,3)15-12-19(10-4-9-18-15)11-13-5-7-14(17)8-6-13/h5-8,15,18H,4,9-12H2,1-3H3. The first-order chi connectivity index (χ1) is 8.95. The van der Waals surface area contributed by atoms with Crippen LogP contribution in [0.25, 0.3) is 0 Å². The minimum Gasteiger partial charge on any atom is -0.312 e.